The van der Waals surface area contributed by atoms with Crippen molar-refractivity contribution >= 4 is 11.9 Å². The van der Waals surface area contributed by atoms with Crippen LogP contribution >= 0.6 is 0 Å². The zero-order chi connectivity index (χ0) is 16.8. The molecule has 1 heterocycles. The number of nitrogens with one attached hydrogen (secondary N) is 1. The van der Waals surface area contributed by atoms with Crippen molar-refractivity contribution in [2.24, 2.45) is 0 Å². The summed E-state index contributed by atoms with van der Waals surface area (Å²) in [6.45, 7) is 1.87. The molecule has 0 aliphatic heterocycles. The summed E-state index contributed by atoms with van der Waals surface area (Å²) in [5.74, 6) is 1.01. The lowest BCUT2D eigenvalue weighted by molar-refractivity contribution is -0.120. The van der Waals surface area contributed by atoms with Gasteiger partial charge in [0.1, 0.15) is 22.8 Å². The van der Waals surface area contributed by atoms with Gasteiger partial charge in [-0.25, -0.2) is 4.79 Å². The van der Waals surface area contributed by atoms with E-state index in [1.807, 2.05) is 18.2 Å². The van der Waals surface area contributed by atoms with Crippen molar-refractivity contribution in [1.82, 2.24) is 5.32 Å². The van der Waals surface area contributed by atoms with E-state index in [0.29, 0.717) is 22.8 Å². The Balaban J connectivity index is 1.96. The van der Waals surface area contributed by atoms with E-state index in [1.54, 1.807) is 26.2 Å². The van der Waals surface area contributed by atoms with Gasteiger partial charge in [0.15, 0.2) is 0 Å². The molecule has 0 bridgehead atoms. The van der Waals surface area contributed by atoms with Crippen molar-refractivity contribution < 1.29 is 23.5 Å². The second-order valence-corrected chi connectivity index (χ2v) is 4.94. The topological polar surface area (TPSA) is 77.8 Å². The number of carbonyl (C=O) groups is 2. The van der Waals surface area contributed by atoms with Crippen LogP contribution in [-0.4, -0.2) is 26.1 Å². The van der Waals surface area contributed by atoms with Gasteiger partial charge >= 0.3 is 5.97 Å². The van der Waals surface area contributed by atoms with Gasteiger partial charge in [0, 0.05) is 5.56 Å². The third-order valence-corrected chi connectivity index (χ3v) is 3.38. The molecule has 6 heteroatoms. The lowest BCUT2D eigenvalue weighted by Gasteiger charge is -2.08. The Morgan fingerprint density at radius 3 is 2.65 bits per heavy atom. The van der Waals surface area contributed by atoms with Crippen molar-refractivity contribution in [3.8, 4) is 5.75 Å². The minimum atomic E-state index is -0.460. The number of rotatable bonds is 6. The fourth-order valence-corrected chi connectivity index (χ4v) is 2.21. The maximum Gasteiger partial charge on any atom is 0.341 e. The zero-order valence-corrected chi connectivity index (χ0v) is 13.3. The summed E-state index contributed by atoms with van der Waals surface area (Å²) in [6, 6.07) is 8.92. The first kappa shape index (κ1) is 16.6. The standard InChI is InChI=1S/C17H19NO5/c1-11-14(17(20)22-3)9-13(23-11)10-18-16(19)8-12-6-4-5-7-15(12)21-2/h4-7,9H,8,10H2,1-3H3,(H,18,19). The molecule has 1 aromatic carbocycles. The van der Waals surface area contributed by atoms with Gasteiger partial charge in [0.05, 0.1) is 27.2 Å². The fourth-order valence-electron chi connectivity index (χ4n) is 2.21. The van der Waals surface area contributed by atoms with Crippen LogP contribution < -0.4 is 10.1 Å². The second-order valence-electron chi connectivity index (χ2n) is 4.94. The molecule has 0 radical (unpaired) electrons. The molecule has 122 valence electrons. The van der Waals surface area contributed by atoms with Gasteiger partial charge < -0.3 is 19.2 Å². The molecule has 0 saturated heterocycles. The zero-order valence-electron chi connectivity index (χ0n) is 13.3. The maximum absolute atomic E-state index is 12.0. The molecule has 0 aliphatic rings. The van der Waals surface area contributed by atoms with Gasteiger partial charge in [0.2, 0.25) is 5.91 Å². The van der Waals surface area contributed by atoms with Gasteiger partial charge in [-0.05, 0) is 19.1 Å². The van der Waals surface area contributed by atoms with Crippen LogP contribution in [0.5, 0.6) is 5.75 Å². The lowest BCUT2D eigenvalue weighted by Crippen LogP contribution is -2.24. The van der Waals surface area contributed by atoms with Crippen LogP contribution in [0.2, 0.25) is 0 Å². The fraction of sp³-hybridized carbons (Fsp3) is 0.294. The smallest absolute Gasteiger partial charge is 0.341 e. The molecule has 2 aromatic rings. The van der Waals surface area contributed by atoms with Gasteiger partial charge in [-0.3, -0.25) is 4.79 Å². The van der Waals surface area contributed by atoms with E-state index < -0.39 is 5.97 Å². The average Bonchev–Trinajstić information content (AvgIpc) is 2.93. The number of aryl methyl sites for hydroxylation is 1. The number of hydrogen-bond acceptors (Lipinski definition) is 5. The predicted octanol–water partition coefficient (Wildman–Crippen LogP) is 2.24. The van der Waals surface area contributed by atoms with E-state index in [-0.39, 0.29) is 18.9 Å². The number of furan rings is 1. The molecular weight excluding hydrogens is 298 g/mol. The number of para-hydroxylation sites is 1. The van der Waals surface area contributed by atoms with Crippen molar-refractivity contribution in [2.75, 3.05) is 14.2 Å². The number of ether oxygens (including phenoxy) is 2. The van der Waals surface area contributed by atoms with E-state index in [2.05, 4.69) is 10.1 Å². The van der Waals surface area contributed by atoms with Gasteiger partial charge in [-0.1, -0.05) is 18.2 Å². The van der Waals surface area contributed by atoms with Crippen LogP contribution in [0.25, 0.3) is 0 Å². The highest BCUT2D eigenvalue weighted by atomic mass is 16.5. The highest BCUT2D eigenvalue weighted by Crippen LogP contribution is 2.18. The van der Waals surface area contributed by atoms with Crippen molar-refractivity contribution in [1.29, 1.82) is 0 Å². The summed E-state index contributed by atoms with van der Waals surface area (Å²) < 4.78 is 15.3. The van der Waals surface area contributed by atoms with Crippen molar-refractivity contribution in [2.45, 2.75) is 19.9 Å². The molecule has 6 nitrogen and oxygen atoms in total. The Morgan fingerprint density at radius 1 is 1.22 bits per heavy atom. The van der Waals surface area contributed by atoms with Crippen LogP contribution in [0.1, 0.15) is 27.4 Å². The predicted molar refractivity (Wildman–Crippen MR) is 83.3 cm³/mol. The Bertz CT molecular complexity index is 705. The quantitative estimate of drug-likeness (QED) is 0.827. The lowest BCUT2D eigenvalue weighted by atomic mass is 10.1. The Hall–Kier alpha value is -2.76. The summed E-state index contributed by atoms with van der Waals surface area (Å²) in [6.07, 6.45) is 0.202. The van der Waals surface area contributed by atoms with Gasteiger partial charge in [-0.15, -0.1) is 0 Å². The number of amides is 1. The summed E-state index contributed by atoms with van der Waals surface area (Å²) in [5.41, 5.74) is 1.17. The van der Waals surface area contributed by atoms with Crippen LogP contribution in [0.15, 0.2) is 34.7 Å². The molecule has 23 heavy (non-hydrogen) atoms. The average molecular weight is 317 g/mol. The van der Waals surface area contributed by atoms with Crippen molar-refractivity contribution in [3.63, 3.8) is 0 Å². The van der Waals surface area contributed by atoms with Crippen LogP contribution in [0, 0.1) is 6.92 Å². The Kier molecular flexibility index (Phi) is 5.41. The van der Waals surface area contributed by atoms with E-state index in [9.17, 15) is 9.59 Å². The molecule has 2 rings (SSSR count). The molecule has 0 spiro atoms. The monoisotopic (exact) mass is 317 g/mol. The van der Waals surface area contributed by atoms with Crippen LogP contribution in [-0.2, 0) is 22.5 Å². The Morgan fingerprint density at radius 2 is 1.96 bits per heavy atom. The van der Waals surface area contributed by atoms with Gasteiger partial charge in [0.25, 0.3) is 0 Å². The first-order valence-corrected chi connectivity index (χ1v) is 7.11. The number of hydrogen-bond donors (Lipinski definition) is 1. The van der Waals surface area contributed by atoms with Crippen LogP contribution in [0.4, 0.5) is 0 Å². The molecule has 0 aliphatic carbocycles. The molecular formula is C17H19NO5. The number of carbonyl (C=O) groups excluding carboxylic acids is 2. The maximum atomic E-state index is 12.0. The second kappa shape index (κ2) is 7.49. The molecule has 1 N–H and O–H groups in total. The highest BCUT2D eigenvalue weighted by Gasteiger charge is 2.16. The largest absolute Gasteiger partial charge is 0.496 e. The minimum absolute atomic E-state index is 0.164. The first-order chi connectivity index (χ1) is 11.0. The number of esters is 1. The molecule has 0 saturated carbocycles. The van der Waals surface area contributed by atoms with Crippen LogP contribution in [0.3, 0.4) is 0 Å². The summed E-state index contributed by atoms with van der Waals surface area (Å²) in [5, 5.41) is 2.76. The third-order valence-electron chi connectivity index (χ3n) is 3.38. The van der Waals surface area contributed by atoms with E-state index in [0.717, 1.165) is 5.56 Å². The van der Waals surface area contributed by atoms with Crippen molar-refractivity contribution in [3.05, 3.63) is 53.0 Å². The first-order valence-electron chi connectivity index (χ1n) is 7.11. The molecule has 0 unspecified atom stereocenters. The minimum Gasteiger partial charge on any atom is -0.496 e. The molecule has 1 aromatic heterocycles. The number of benzene rings is 1. The van der Waals surface area contributed by atoms with E-state index >= 15 is 0 Å². The highest BCUT2D eigenvalue weighted by molar-refractivity contribution is 5.90. The third kappa shape index (κ3) is 4.12. The van der Waals surface area contributed by atoms with Gasteiger partial charge in [-0.2, -0.15) is 0 Å². The summed E-state index contributed by atoms with van der Waals surface area (Å²) in [4.78, 5) is 23.5. The van der Waals surface area contributed by atoms with E-state index in [1.165, 1.54) is 7.11 Å². The molecule has 1 amide bonds. The Labute approximate surface area is 134 Å². The molecule has 0 atom stereocenters. The number of methoxy groups -OCH3 is 2. The summed E-state index contributed by atoms with van der Waals surface area (Å²) >= 11 is 0. The normalized spacial score (nSPS) is 10.2. The SMILES string of the molecule is COC(=O)c1cc(CNC(=O)Cc2ccccc2OC)oc1C. The summed E-state index contributed by atoms with van der Waals surface area (Å²) in [7, 11) is 2.88. The molecule has 0 fully saturated rings. The van der Waals surface area contributed by atoms with E-state index in [4.69, 9.17) is 9.15 Å².